The van der Waals surface area contributed by atoms with Crippen LogP contribution in [-0.4, -0.2) is 45.5 Å². The molecule has 0 aliphatic carbocycles. The lowest BCUT2D eigenvalue weighted by molar-refractivity contribution is -0.150. The van der Waals surface area contributed by atoms with E-state index in [0.29, 0.717) is 26.1 Å². The average molecular weight is 308 g/mol. The van der Waals surface area contributed by atoms with E-state index >= 15 is 0 Å². The summed E-state index contributed by atoms with van der Waals surface area (Å²) in [4.78, 5) is 29.1. The number of carboxylic acids is 1. The van der Waals surface area contributed by atoms with Gasteiger partial charge in [0, 0.05) is 24.5 Å². The third-order valence-electron chi connectivity index (χ3n) is 4.66. The van der Waals surface area contributed by atoms with Crippen LogP contribution in [0.25, 0.3) is 0 Å². The first-order chi connectivity index (χ1) is 10.0. The average Bonchev–Trinajstić information content (AvgIpc) is 2.94. The lowest BCUT2D eigenvalue weighted by Gasteiger charge is -2.44. The van der Waals surface area contributed by atoms with E-state index in [-0.39, 0.29) is 6.03 Å². The van der Waals surface area contributed by atoms with Crippen molar-refractivity contribution in [3.8, 4) is 0 Å². The minimum Gasteiger partial charge on any atom is -0.480 e. The fraction of sp³-hybridized carbons (Fsp3) is 0.600. The van der Waals surface area contributed by atoms with Crippen LogP contribution in [0.5, 0.6) is 0 Å². The fourth-order valence-corrected chi connectivity index (χ4v) is 4.12. The normalized spacial score (nSPS) is 25.6. The molecular formula is C15H20N2O3S. The molecule has 3 rings (SSSR count). The third kappa shape index (κ3) is 2.41. The number of amides is 2. The molecule has 1 aromatic rings. The van der Waals surface area contributed by atoms with Crippen LogP contribution < -0.4 is 0 Å². The van der Waals surface area contributed by atoms with Gasteiger partial charge in [-0.3, -0.25) is 0 Å². The van der Waals surface area contributed by atoms with Crippen molar-refractivity contribution in [2.45, 2.75) is 44.7 Å². The first kappa shape index (κ1) is 14.4. The minimum atomic E-state index is -1.07. The van der Waals surface area contributed by atoms with Gasteiger partial charge in [0.2, 0.25) is 0 Å². The molecule has 2 amide bonds. The summed E-state index contributed by atoms with van der Waals surface area (Å²) >= 11 is 1.73. The highest BCUT2D eigenvalue weighted by atomic mass is 32.1. The molecule has 1 fully saturated rings. The molecule has 21 heavy (non-hydrogen) atoms. The molecule has 1 N–H and O–H groups in total. The largest absolute Gasteiger partial charge is 0.480 e. The zero-order chi connectivity index (χ0) is 15.0. The maximum Gasteiger partial charge on any atom is 0.329 e. The van der Waals surface area contributed by atoms with Gasteiger partial charge in [0.1, 0.15) is 5.54 Å². The van der Waals surface area contributed by atoms with E-state index in [1.807, 2.05) is 0 Å². The summed E-state index contributed by atoms with van der Waals surface area (Å²) in [5, 5.41) is 11.6. The van der Waals surface area contributed by atoms with E-state index in [9.17, 15) is 14.7 Å². The molecule has 3 heterocycles. The van der Waals surface area contributed by atoms with E-state index in [1.165, 1.54) is 10.4 Å². The topological polar surface area (TPSA) is 60.9 Å². The molecular weight excluding hydrogens is 288 g/mol. The number of carboxylic acid groups (broad SMARTS) is 1. The Morgan fingerprint density at radius 1 is 1.33 bits per heavy atom. The molecule has 0 bridgehead atoms. The van der Waals surface area contributed by atoms with Gasteiger partial charge in [0.25, 0.3) is 0 Å². The van der Waals surface area contributed by atoms with Crippen LogP contribution in [0.3, 0.4) is 0 Å². The van der Waals surface area contributed by atoms with E-state index in [4.69, 9.17) is 0 Å². The SMILES string of the molecule is CC1(C(=O)O)CCCCN1C(=O)N1CCc2sccc2C1. The van der Waals surface area contributed by atoms with Crippen LogP contribution in [0.15, 0.2) is 11.4 Å². The van der Waals surface area contributed by atoms with Gasteiger partial charge in [-0.05, 0) is 49.6 Å². The van der Waals surface area contributed by atoms with Gasteiger partial charge in [-0.25, -0.2) is 9.59 Å². The maximum absolute atomic E-state index is 12.8. The van der Waals surface area contributed by atoms with Crippen molar-refractivity contribution in [1.82, 2.24) is 9.80 Å². The second-order valence-corrected chi connectivity index (χ2v) is 7.01. The number of urea groups is 1. The lowest BCUT2D eigenvalue weighted by Crippen LogP contribution is -2.60. The van der Waals surface area contributed by atoms with Gasteiger partial charge >= 0.3 is 12.0 Å². The third-order valence-corrected chi connectivity index (χ3v) is 5.68. The summed E-state index contributed by atoms with van der Waals surface area (Å²) in [6.45, 7) is 3.49. The zero-order valence-corrected chi connectivity index (χ0v) is 13.0. The van der Waals surface area contributed by atoms with Gasteiger partial charge in [-0.15, -0.1) is 11.3 Å². The summed E-state index contributed by atoms with van der Waals surface area (Å²) in [6.07, 6.45) is 3.15. The number of hydrogen-bond acceptors (Lipinski definition) is 3. The smallest absolute Gasteiger partial charge is 0.329 e. The first-order valence-corrected chi connectivity index (χ1v) is 8.25. The van der Waals surface area contributed by atoms with Gasteiger partial charge in [-0.1, -0.05) is 0 Å². The minimum absolute atomic E-state index is 0.128. The number of likely N-dealkylation sites (tertiary alicyclic amines) is 1. The van der Waals surface area contributed by atoms with Crippen molar-refractivity contribution < 1.29 is 14.7 Å². The molecule has 114 valence electrons. The Hall–Kier alpha value is -1.56. The molecule has 5 nitrogen and oxygen atoms in total. The number of carbonyl (C=O) groups is 2. The monoisotopic (exact) mass is 308 g/mol. The van der Waals surface area contributed by atoms with Crippen LogP contribution in [0, 0.1) is 0 Å². The van der Waals surface area contributed by atoms with Crippen molar-refractivity contribution in [2.24, 2.45) is 0 Å². The van der Waals surface area contributed by atoms with Crippen molar-refractivity contribution in [1.29, 1.82) is 0 Å². The molecule has 1 unspecified atom stereocenters. The Bertz CT molecular complexity index is 571. The van der Waals surface area contributed by atoms with Crippen LogP contribution in [0.4, 0.5) is 4.79 Å². The van der Waals surface area contributed by atoms with Crippen molar-refractivity contribution in [3.63, 3.8) is 0 Å². The number of thiophene rings is 1. The Labute approximate surface area is 128 Å². The molecule has 0 saturated carbocycles. The standard InChI is InChI=1S/C15H20N2O3S/c1-15(13(18)19)6-2-3-7-17(15)14(20)16-8-4-12-11(10-16)5-9-21-12/h5,9H,2-4,6-8,10H2,1H3,(H,18,19). The highest BCUT2D eigenvalue weighted by Gasteiger charge is 2.45. The van der Waals surface area contributed by atoms with E-state index in [2.05, 4.69) is 11.4 Å². The summed E-state index contributed by atoms with van der Waals surface area (Å²) in [6, 6.07) is 1.93. The number of nitrogens with zero attached hydrogens (tertiary/aromatic N) is 2. The van der Waals surface area contributed by atoms with Crippen molar-refractivity contribution >= 4 is 23.3 Å². The Morgan fingerprint density at radius 2 is 2.14 bits per heavy atom. The van der Waals surface area contributed by atoms with Gasteiger partial charge in [0.05, 0.1) is 0 Å². The Morgan fingerprint density at radius 3 is 2.90 bits per heavy atom. The molecule has 1 aromatic heterocycles. The quantitative estimate of drug-likeness (QED) is 0.867. The summed E-state index contributed by atoms with van der Waals surface area (Å²) in [7, 11) is 0. The summed E-state index contributed by atoms with van der Waals surface area (Å²) < 4.78 is 0. The van der Waals surface area contributed by atoms with E-state index in [0.717, 1.165) is 19.3 Å². The van der Waals surface area contributed by atoms with Crippen LogP contribution in [-0.2, 0) is 17.8 Å². The molecule has 2 aliphatic heterocycles. The number of aliphatic carboxylic acids is 1. The Kier molecular flexibility index (Phi) is 3.65. The fourth-order valence-electron chi connectivity index (χ4n) is 3.23. The lowest BCUT2D eigenvalue weighted by atomic mass is 9.88. The number of rotatable bonds is 1. The summed E-state index contributed by atoms with van der Waals surface area (Å²) in [5.74, 6) is -0.899. The number of carbonyl (C=O) groups excluding carboxylic acids is 1. The van der Waals surface area contributed by atoms with Crippen LogP contribution >= 0.6 is 11.3 Å². The van der Waals surface area contributed by atoms with E-state index < -0.39 is 11.5 Å². The van der Waals surface area contributed by atoms with Crippen molar-refractivity contribution in [2.75, 3.05) is 13.1 Å². The first-order valence-electron chi connectivity index (χ1n) is 7.37. The molecule has 0 radical (unpaired) electrons. The second-order valence-electron chi connectivity index (χ2n) is 6.01. The highest BCUT2D eigenvalue weighted by molar-refractivity contribution is 7.10. The molecule has 0 aromatic carbocycles. The molecule has 1 atom stereocenters. The molecule has 1 saturated heterocycles. The van der Waals surface area contributed by atoms with Crippen molar-refractivity contribution in [3.05, 3.63) is 21.9 Å². The second kappa shape index (κ2) is 5.33. The molecule has 0 spiro atoms. The molecule has 6 heteroatoms. The van der Waals surface area contributed by atoms with Gasteiger partial charge in [-0.2, -0.15) is 0 Å². The van der Waals surface area contributed by atoms with Crippen LogP contribution in [0.2, 0.25) is 0 Å². The Balaban J connectivity index is 1.80. The van der Waals surface area contributed by atoms with Gasteiger partial charge < -0.3 is 14.9 Å². The predicted molar refractivity (Wildman–Crippen MR) is 80.4 cm³/mol. The van der Waals surface area contributed by atoms with E-state index in [1.54, 1.807) is 28.1 Å². The number of hydrogen-bond donors (Lipinski definition) is 1. The number of piperidine rings is 1. The zero-order valence-electron chi connectivity index (χ0n) is 12.2. The van der Waals surface area contributed by atoms with Gasteiger partial charge in [0.15, 0.2) is 0 Å². The van der Waals surface area contributed by atoms with Crippen LogP contribution in [0.1, 0.15) is 36.6 Å². The summed E-state index contributed by atoms with van der Waals surface area (Å²) in [5.41, 5.74) is 0.137. The number of fused-ring (bicyclic) bond motifs is 1. The predicted octanol–water partition coefficient (Wildman–Crippen LogP) is 2.56. The highest BCUT2D eigenvalue weighted by Crippen LogP contribution is 2.31. The maximum atomic E-state index is 12.8. The molecule has 2 aliphatic rings.